The molecule has 11 rings (SSSR count). The maximum absolute atomic E-state index is 11.1. The molecule has 9 aromatic rings. The fraction of sp³-hybridized carbons (Fsp3) is 0.0185. The summed E-state index contributed by atoms with van der Waals surface area (Å²) in [4.78, 5) is 29.4. The standard InChI is InChI=1S/C44H30N4.C10H8O3.Pt/c1-5-13-29(14-6-1)41-33-21-23-35(45-33)42(30-15-7-2-8-16-30)37-25-27-39(47-37)44(32-19-11-4-12-20-32)40-28-26-38(48-40)43(31-17-9-3-10-18-31)36-24-22-34(41)46-36;11-6-8-5-7-3-1-2-4-9(7)13-10(8)12;/h1-28,45,48H;1-5,11H,6H2;/q;;+2. The summed E-state index contributed by atoms with van der Waals surface area (Å²) < 4.78 is 4.97. The van der Waals surface area contributed by atoms with Crippen molar-refractivity contribution in [2.24, 2.45) is 0 Å². The van der Waals surface area contributed by atoms with Crippen molar-refractivity contribution in [2.75, 3.05) is 0 Å². The number of hydrogen-bond acceptors (Lipinski definition) is 5. The number of aromatic nitrogens is 4. The molecule has 2 aliphatic heterocycles. The van der Waals surface area contributed by atoms with Gasteiger partial charge in [-0.3, -0.25) is 0 Å². The van der Waals surface area contributed by atoms with E-state index < -0.39 is 5.63 Å². The zero-order chi connectivity index (χ0) is 41.1. The molecule has 0 saturated carbocycles. The van der Waals surface area contributed by atoms with Crippen molar-refractivity contribution in [3.05, 3.63) is 215 Å². The zero-order valence-electron chi connectivity index (χ0n) is 33.2. The molecule has 4 aromatic heterocycles. The van der Waals surface area contributed by atoms with Crippen LogP contribution < -0.4 is 5.63 Å². The van der Waals surface area contributed by atoms with Gasteiger partial charge in [0.1, 0.15) is 5.58 Å². The van der Waals surface area contributed by atoms with Crippen molar-refractivity contribution >= 4 is 57.3 Å². The third kappa shape index (κ3) is 7.83. The molecular formula is C54H38N4O3Pt+2. The maximum atomic E-state index is 11.1. The second-order valence-electron chi connectivity index (χ2n) is 14.7. The Morgan fingerprint density at radius 1 is 0.435 bits per heavy atom. The zero-order valence-corrected chi connectivity index (χ0v) is 35.5. The molecule has 0 amide bonds. The van der Waals surface area contributed by atoms with Crippen LogP contribution in [0.2, 0.25) is 0 Å². The molecule has 0 fully saturated rings. The molecule has 0 unspecified atom stereocenters. The normalized spacial score (nSPS) is 11.5. The largest absolute Gasteiger partial charge is 2.00 e. The van der Waals surface area contributed by atoms with Crippen LogP contribution in [0, 0.1) is 0 Å². The van der Waals surface area contributed by atoms with Crippen LogP contribution >= 0.6 is 0 Å². The number of aromatic amines is 2. The van der Waals surface area contributed by atoms with Gasteiger partial charge >= 0.3 is 26.7 Å². The van der Waals surface area contributed by atoms with Crippen molar-refractivity contribution in [2.45, 2.75) is 6.61 Å². The average molecular weight is 986 g/mol. The molecule has 8 heteroatoms. The van der Waals surface area contributed by atoms with Crippen LogP contribution in [0.4, 0.5) is 0 Å². The Bertz CT molecular complexity index is 3010. The van der Waals surface area contributed by atoms with Crippen molar-refractivity contribution in [1.29, 1.82) is 0 Å². The predicted molar refractivity (Wildman–Crippen MR) is 249 cm³/mol. The first-order chi connectivity index (χ1) is 30.1. The number of fused-ring (bicyclic) bond motifs is 9. The summed E-state index contributed by atoms with van der Waals surface area (Å²) >= 11 is 0. The molecule has 62 heavy (non-hydrogen) atoms. The third-order valence-electron chi connectivity index (χ3n) is 10.9. The minimum absolute atomic E-state index is 0. The van der Waals surface area contributed by atoms with Gasteiger partial charge in [0.15, 0.2) is 0 Å². The molecule has 6 heterocycles. The molecule has 8 bridgehead atoms. The number of benzene rings is 5. The smallest absolute Gasteiger partial charge is 0.422 e. The molecule has 300 valence electrons. The van der Waals surface area contributed by atoms with Crippen LogP contribution in [0.3, 0.4) is 0 Å². The number of aliphatic hydroxyl groups excluding tert-OH is 1. The van der Waals surface area contributed by atoms with E-state index in [0.29, 0.717) is 11.1 Å². The molecular weight excluding hydrogens is 948 g/mol. The number of hydrogen-bond donors (Lipinski definition) is 3. The molecule has 3 N–H and O–H groups in total. The Balaban J connectivity index is 0.000000300. The monoisotopic (exact) mass is 985 g/mol. The van der Waals surface area contributed by atoms with Crippen molar-refractivity contribution in [1.82, 2.24) is 19.9 Å². The van der Waals surface area contributed by atoms with Gasteiger partial charge in [-0.2, -0.15) is 0 Å². The number of nitrogens with zero attached hydrogens (tertiary/aromatic N) is 2. The summed E-state index contributed by atoms with van der Waals surface area (Å²) in [6, 6.07) is 59.5. The van der Waals surface area contributed by atoms with Crippen molar-refractivity contribution in [3.8, 4) is 44.5 Å². The number of para-hydroxylation sites is 1. The minimum Gasteiger partial charge on any atom is -0.422 e. The van der Waals surface area contributed by atoms with E-state index in [0.717, 1.165) is 94.7 Å². The van der Waals surface area contributed by atoms with Crippen molar-refractivity contribution in [3.63, 3.8) is 0 Å². The van der Waals surface area contributed by atoms with E-state index in [1.807, 2.05) is 36.4 Å². The van der Waals surface area contributed by atoms with E-state index in [1.165, 1.54) is 0 Å². The summed E-state index contributed by atoms with van der Waals surface area (Å²) in [6.07, 6.45) is 8.54. The summed E-state index contributed by atoms with van der Waals surface area (Å²) in [5.41, 5.74) is 16.5. The van der Waals surface area contributed by atoms with Gasteiger partial charge in [0, 0.05) is 49.7 Å². The van der Waals surface area contributed by atoms with Crippen LogP contribution in [0.25, 0.3) is 102 Å². The SMILES string of the molecule is C1=Cc2nc1c(-c1ccccc1)c1ccc([nH]1)c(-c1ccccc1)c1nc(c(-c3ccccc3)c3ccc([nH]3)c2-c2ccccc2)C=C1.O=c1oc2ccccc2cc1CO.[Pt+2]. The van der Waals surface area contributed by atoms with Crippen LogP contribution in [-0.2, 0) is 27.7 Å². The summed E-state index contributed by atoms with van der Waals surface area (Å²) in [7, 11) is 0. The Kier molecular flexibility index (Phi) is 11.4. The molecule has 7 nitrogen and oxygen atoms in total. The molecule has 0 aliphatic carbocycles. The number of nitrogens with one attached hydrogen (secondary N) is 2. The van der Waals surface area contributed by atoms with E-state index in [-0.39, 0.29) is 27.7 Å². The minimum atomic E-state index is -0.471. The van der Waals surface area contributed by atoms with Gasteiger partial charge in [-0.15, -0.1) is 0 Å². The average Bonchev–Trinajstić information content (AvgIpc) is 4.16. The van der Waals surface area contributed by atoms with Crippen LogP contribution in [-0.4, -0.2) is 25.0 Å². The molecule has 0 radical (unpaired) electrons. The fourth-order valence-corrected chi connectivity index (χ4v) is 8.05. The third-order valence-corrected chi connectivity index (χ3v) is 10.9. The summed E-state index contributed by atoms with van der Waals surface area (Å²) in [5.74, 6) is 0. The molecule has 0 saturated heterocycles. The van der Waals surface area contributed by atoms with E-state index in [4.69, 9.17) is 19.5 Å². The molecule has 5 aromatic carbocycles. The molecule has 0 atom stereocenters. The number of H-pyrrole nitrogens is 2. The van der Waals surface area contributed by atoms with E-state index in [1.54, 1.807) is 18.2 Å². The van der Waals surface area contributed by atoms with Gasteiger partial charge in [-0.25, -0.2) is 14.8 Å². The Labute approximate surface area is 371 Å². The summed E-state index contributed by atoms with van der Waals surface area (Å²) in [6.45, 7) is -0.285. The number of aliphatic hydroxyl groups is 1. The topological polar surface area (TPSA) is 108 Å². The number of rotatable bonds is 5. The maximum Gasteiger partial charge on any atom is 2.00 e. The molecule has 2 aliphatic rings. The molecule has 0 spiro atoms. The first kappa shape index (κ1) is 40.0. The summed E-state index contributed by atoms with van der Waals surface area (Å²) in [5, 5.41) is 9.64. The van der Waals surface area contributed by atoms with Crippen LogP contribution in [0.1, 0.15) is 28.3 Å². The van der Waals surface area contributed by atoms with Gasteiger partial charge in [0.25, 0.3) is 0 Å². The van der Waals surface area contributed by atoms with E-state index in [2.05, 4.69) is 156 Å². The second-order valence-corrected chi connectivity index (χ2v) is 14.7. The van der Waals surface area contributed by atoms with Crippen LogP contribution in [0.15, 0.2) is 185 Å². The van der Waals surface area contributed by atoms with Gasteiger partial charge in [-0.05, 0) is 83.0 Å². The van der Waals surface area contributed by atoms with Gasteiger partial charge in [0.2, 0.25) is 0 Å². The van der Waals surface area contributed by atoms with Crippen molar-refractivity contribution < 1.29 is 30.6 Å². The second kappa shape index (κ2) is 17.6. The first-order valence-corrected chi connectivity index (χ1v) is 20.1. The Hall–Kier alpha value is -7.44. The first-order valence-electron chi connectivity index (χ1n) is 20.1. The van der Waals surface area contributed by atoms with Gasteiger partial charge < -0.3 is 19.5 Å². The quantitative estimate of drug-likeness (QED) is 0.149. The fourth-order valence-electron chi connectivity index (χ4n) is 8.05. The Morgan fingerprint density at radius 2 is 0.758 bits per heavy atom. The predicted octanol–water partition coefficient (Wildman–Crippen LogP) is 12.6. The van der Waals surface area contributed by atoms with E-state index in [9.17, 15) is 4.79 Å². The van der Waals surface area contributed by atoms with Crippen LogP contribution in [0.5, 0.6) is 0 Å². The van der Waals surface area contributed by atoms with Gasteiger partial charge in [-0.1, -0.05) is 140 Å². The Morgan fingerprint density at radius 3 is 1.10 bits per heavy atom. The van der Waals surface area contributed by atoms with Gasteiger partial charge in [0.05, 0.1) is 34.9 Å². The van der Waals surface area contributed by atoms with E-state index >= 15 is 0 Å².